The van der Waals surface area contributed by atoms with Gasteiger partial charge in [-0.05, 0) is 71.9 Å². The van der Waals surface area contributed by atoms with Crippen molar-refractivity contribution in [3.8, 4) is 0 Å². The summed E-state index contributed by atoms with van der Waals surface area (Å²) in [5, 5.41) is 2.60. The van der Waals surface area contributed by atoms with Gasteiger partial charge in [0.25, 0.3) is 0 Å². The maximum Gasteiger partial charge on any atom is -0.00230 e. The Morgan fingerprint density at radius 2 is 1.59 bits per heavy atom. The minimum Gasteiger partial charge on any atom is -0.0949 e. The van der Waals surface area contributed by atoms with E-state index in [0.717, 1.165) is 6.42 Å². The summed E-state index contributed by atoms with van der Waals surface area (Å²) in [5.41, 5.74) is 7.76. The number of hydrogen-bond acceptors (Lipinski definition) is 0. The molecular formula is C22H22. The number of allylic oxidation sites excluding steroid dienone is 1. The van der Waals surface area contributed by atoms with Crippen molar-refractivity contribution in [2.75, 3.05) is 0 Å². The zero-order valence-electron chi connectivity index (χ0n) is 13.6. The zero-order chi connectivity index (χ0) is 15.7. The van der Waals surface area contributed by atoms with E-state index in [1.807, 2.05) is 0 Å². The minimum atomic E-state index is 0.908. The Kier molecular flexibility index (Phi) is 3.85. The summed E-state index contributed by atoms with van der Waals surface area (Å²) < 4.78 is 0. The number of hydrogen-bond donors (Lipinski definition) is 0. The molecule has 3 rings (SSSR count). The van der Waals surface area contributed by atoms with Crippen LogP contribution < -0.4 is 0 Å². The highest BCUT2D eigenvalue weighted by Gasteiger charge is 2.08. The van der Waals surface area contributed by atoms with Gasteiger partial charge in [0.05, 0.1) is 0 Å². The normalized spacial score (nSPS) is 10.9. The first-order valence-corrected chi connectivity index (χ1v) is 7.78. The van der Waals surface area contributed by atoms with E-state index in [1.165, 1.54) is 44.2 Å². The molecule has 0 aliphatic carbocycles. The van der Waals surface area contributed by atoms with Crippen molar-refractivity contribution in [2.45, 2.75) is 27.2 Å². The van der Waals surface area contributed by atoms with Crippen molar-refractivity contribution in [3.05, 3.63) is 89.0 Å². The van der Waals surface area contributed by atoms with E-state index in [4.69, 9.17) is 0 Å². The lowest BCUT2D eigenvalue weighted by Gasteiger charge is -2.13. The molecule has 3 aromatic rings. The van der Waals surface area contributed by atoms with Gasteiger partial charge in [-0.1, -0.05) is 60.7 Å². The summed E-state index contributed by atoms with van der Waals surface area (Å²) >= 11 is 0. The van der Waals surface area contributed by atoms with Gasteiger partial charge in [-0.15, -0.1) is 0 Å². The fraction of sp³-hybridized carbons (Fsp3) is 0.182. The second-order valence-electron chi connectivity index (χ2n) is 6.22. The van der Waals surface area contributed by atoms with Gasteiger partial charge in [-0.2, -0.15) is 0 Å². The number of rotatable bonds is 3. The Labute approximate surface area is 133 Å². The highest BCUT2D eigenvalue weighted by Crippen LogP contribution is 2.27. The van der Waals surface area contributed by atoms with Gasteiger partial charge >= 0.3 is 0 Å². The molecule has 0 heteroatoms. The Bertz CT molecular complexity index is 853. The topological polar surface area (TPSA) is 0 Å². The van der Waals surface area contributed by atoms with Crippen LogP contribution in [0.15, 0.2) is 61.2 Å². The van der Waals surface area contributed by atoms with Crippen molar-refractivity contribution in [1.29, 1.82) is 0 Å². The third-order valence-corrected chi connectivity index (χ3v) is 4.38. The fourth-order valence-corrected chi connectivity index (χ4v) is 3.05. The van der Waals surface area contributed by atoms with Gasteiger partial charge in [0.1, 0.15) is 0 Å². The zero-order valence-corrected chi connectivity index (χ0v) is 13.6. The molecule has 0 atom stereocenters. The molecule has 0 aliphatic rings. The second kappa shape index (κ2) is 5.81. The Balaban J connectivity index is 2.00. The summed E-state index contributed by atoms with van der Waals surface area (Å²) in [4.78, 5) is 0. The Morgan fingerprint density at radius 3 is 2.36 bits per heavy atom. The molecule has 0 unspecified atom stereocenters. The fourth-order valence-electron chi connectivity index (χ4n) is 3.05. The molecule has 0 nitrogen and oxygen atoms in total. The highest BCUT2D eigenvalue weighted by atomic mass is 14.1. The molecule has 0 saturated heterocycles. The summed E-state index contributed by atoms with van der Waals surface area (Å²) in [7, 11) is 0. The first-order chi connectivity index (χ1) is 10.5. The summed E-state index contributed by atoms with van der Waals surface area (Å²) in [5.74, 6) is 0. The van der Waals surface area contributed by atoms with Crippen LogP contribution in [-0.2, 0) is 6.42 Å². The smallest absolute Gasteiger partial charge is 0.00230 e. The molecule has 0 heterocycles. The van der Waals surface area contributed by atoms with Crippen LogP contribution in [0.25, 0.3) is 16.3 Å². The van der Waals surface area contributed by atoms with Crippen molar-refractivity contribution >= 4 is 16.3 Å². The predicted octanol–water partition coefficient (Wildman–Crippen LogP) is 6.02. The van der Waals surface area contributed by atoms with E-state index < -0.39 is 0 Å². The van der Waals surface area contributed by atoms with Crippen molar-refractivity contribution < 1.29 is 0 Å². The van der Waals surface area contributed by atoms with Gasteiger partial charge < -0.3 is 0 Å². The van der Waals surface area contributed by atoms with E-state index in [2.05, 4.69) is 81.9 Å². The monoisotopic (exact) mass is 286 g/mol. The van der Waals surface area contributed by atoms with Crippen LogP contribution in [0.5, 0.6) is 0 Å². The largest absolute Gasteiger partial charge is 0.0949 e. The molecule has 110 valence electrons. The molecule has 0 saturated carbocycles. The standard InChI is InChI=1S/C22H22/c1-15-9-10-20-13-18(4)22(14-21(20)11-15)17(3)12-19-8-6-5-7-16(19)2/h5-11,13-14H,3,12H2,1-2,4H3. The average Bonchev–Trinajstić information content (AvgIpc) is 2.49. The third kappa shape index (κ3) is 2.82. The average molecular weight is 286 g/mol. The van der Waals surface area contributed by atoms with E-state index >= 15 is 0 Å². The summed E-state index contributed by atoms with van der Waals surface area (Å²) in [6.45, 7) is 10.8. The van der Waals surface area contributed by atoms with E-state index in [0.29, 0.717) is 0 Å². The van der Waals surface area contributed by atoms with Gasteiger partial charge in [-0.3, -0.25) is 0 Å². The highest BCUT2D eigenvalue weighted by molar-refractivity contribution is 5.88. The van der Waals surface area contributed by atoms with Crippen LogP contribution in [0.2, 0.25) is 0 Å². The molecule has 3 aromatic carbocycles. The quantitative estimate of drug-likeness (QED) is 0.552. The molecule has 0 amide bonds. The molecule has 0 fully saturated rings. The molecule has 22 heavy (non-hydrogen) atoms. The van der Waals surface area contributed by atoms with Crippen LogP contribution >= 0.6 is 0 Å². The number of aryl methyl sites for hydroxylation is 3. The van der Waals surface area contributed by atoms with Crippen molar-refractivity contribution in [3.63, 3.8) is 0 Å². The second-order valence-corrected chi connectivity index (χ2v) is 6.22. The lowest BCUT2D eigenvalue weighted by molar-refractivity contribution is 1.22. The molecule has 0 spiro atoms. The SMILES string of the molecule is C=C(Cc1ccccc1C)c1cc2cc(C)ccc2cc1C. The van der Waals surface area contributed by atoms with Crippen LogP contribution in [0, 0.1) is 20.8 Å². The van der Waals surface area contributed by atoms with Crippen LogP contribution in [-0.4, -0.2) is 0 Å². The maximum absolute atomic E-state index is 4.35. The molecular weight excluding hydrogens is 264 g/mol. The maximum atomic E-state index is 4.35. The van der Waals surface area contributed by atoms with Gasteiger partial charge in [-0.25, -0.2) is 0 Å². The molecule has 0 radical (unpaired) electrons. The summed E-state index contributed by atoms with van der Waals surface area (Å²) in [6.07, 6.45) is 0.908. The minimum absolute atomic E-state index is 0.908. The predicted molar refractivity (Wildman–Crippen MR) is 97.3 cm³/mol. The molecule has 0 aliphatic heterocycles. The molecule has 0 N–H and O–H groups in total. The Hall–Kier alpha value is -2.34. The van der Waals surface area contributed by atoms with Crippen LogP contribution in [0.3, 0.4) is 0 Å². The van der Waals surface area contributed by atoms with E-state index in [9.17, 15) is 0 Å². The lowest BCUT2D eigenvalue weighted by Crippen LogP contribution is -1.95. The summed E-state index contributed by atoms with van der Waals surface area (Å²) in [6, 6.07) is 19.7. The Morgan fingerprint density at radius 1 is 0.818 bits per heavy atom. The van der Waals surface area contributed by atoms with Crippen molar-refractivity contribution in [2.24, 2.45) is 0 Å². The number of fused-ring (bicyclic) bond motifs is 1. The van der Waals surface area contributed by atoms with Gasteiger partial charge in [0, 0.05) is 0 Å². The third-order valence-electron chi connectivity index (χ3n) is 4.38. The lowest BCUT2D eigenvalue weighted by atomic mass is 9.92. The van der Waals surface area contributed by atoms with E-state index in [1.54, 1.807) is 0 Å². The first-order valence-electron chi connectivity index (χ1n) is 7.78. The van der Waals surface area contributed by atoms with Gasteiger partial charge in [0.15, 0.2) is 0 Å². The van der Waals surface area contributed by atoms with Crippen LogP contribution in [0.4, 0.5) is 0 Å². The number of benzene rings is 3. The van der Waals surface area contributed by atoms with E-state index in [-0.39, 0.29) is 0 Å². The molecule has 0 aromatic heterocycles. The van der Waals surface area contributed by atoms with Crippen LogP contribution in [0.1, 0.15) is 27.8 Å². The van der Waals surface area contributed by atoms with Crippen molar-refractivity contribution in [1.82, 2.24) is 0 Å². The van der Waals surface area contributed by atoms with Gasteiger partial charge in [0.2, 0.25) is 0 Å². The first kappa shape index (κ1) is 14.6. The molecule has 0 bridgehead atoms.